The van der Waals surface area contributed by atoms with Crippen molar-refractivity contribution in [2.45, 2.75) is 0 Å². The van der Waals surface area contributed by atoms with Gasteiger partial charge in [-0.25, -0.2) is 0 Å². The van der Waals surface area contributed by atoms with E-state index in [2.05, 4.69) is 483 Å². The summed E-state index contributed by atoms with van der Waals surface area (Å²) in [5, 5.41) is 18.6. The summed E-state index contributed by atoms with van der Waals surface area (Å²) in [6.45, 7) is 0. The lowest BCUT2D eigenvalue weighted by atomic mass is 10.0. The van der Waals surface area contributed by atoms with E-state index in [-0.39, 0.29) is 0 Å². The monoisotopic (exact) mass is 1550 g/mol. The van der Waals surface area contributed by atoms with E-state index in [4.69, 9.17) is 8.75 Å². The Hall–Kier alpha value is -14.0. The number of hydrogen-bond acceptors (Lipinski definition) is 4. The highest BCUT2D eigenvalue weighted by Gasteiger charge is 2.44. The highest BCUT2D eigenvalue weighted by Crippen LogP contribution is 2.43. The molecule has 18 aromatic carbocycles. The van der Waals surface area contributed by atoms with E-state index in [9.17, 15) is 0 Å². The molecule has 20 aromatic rings. The Bertz CT molecular complexity index is 6270. The van der Waals surface area contributed by atoms with Gasteiger partial charge in [0.1, 0.15) is 11.0 Å². The molecule has 20 rings (SSSR count). The first kappa shape index (κ1) is 71.1. The summed E-state index contributed by atoms with van der Waals surface area (Å²) in [6.07, 6.45) is 0. The standard InChI is InChI=1S/C108H78N4SSi3/c1-11-31-86(32-12-1)111(87-63-51-79(52-64-87)80-55-67-98(68-56-80)114(89-33-13-2-14-34-89,90-35-15-3-16-36-90)91-37-17-4-18-38-91)106-76-73-101(107-108(106)110-113-109-107)83-53-65-88(66-54-83)112-104-74-61-84(81-57-69-99(70-58-81)115(92-39-19-5-20-40-92,93-41-21-6-22-42-93)94-43-23-7-24-44-94)77-102(104)103-78-85(62-75-105(103)112)82-59-71-100(72-60-82)116(95-45-25-8-26-46-95,96-47-27-9-28-48-96)97-49-29-10-30-50-97/h1-78H. The van der Waals surface area contributed by atoms with Crippen LogP contribution in [0.15, 0.2) is 473 Å². The molecule has 0 aliphatic carbocycles. The molecule has 0 bridgehead atoms. The van der Waals surface area contributed by atoms with Gasteiger partial charge < -0.3 is 9.47 Å². The van der Waals surface area contributed by atoms with E-state index in [1.807, 2.05) is 0 Å². The SMILES string of the molecule is c1ccc(N(c2ccc(-c3ccc([Si](c4ccccc4)(c4ccccc4)c4ccccc4)cc3)cc2)c2ccc(-c3ccc(-n4c5ccc(-c6ccc([Si](c7ccccc7)(c7ccccc7)c7ccccc7)cc6)cc5c5cc(-c6ccc([Si](c7ccccc7)(c7ccccc7)c7ccccc7)cc6)ccc54)cc3)c3nsnc23)cc1. The van der Waals surface area contributed by atoms with Gasteiger partial charge in [0.2, 0.25) is 0 Å². The molecule has 8 heteroatoms. The Morgan fingerprint density at radius 2 is 0.457 bits per heavy atom. The normalized spacial score (nSPS) is 11.8. The lowest BCUT2D eigenvalue weighted by Gasteiger charge is -2.34. The molecule has 0 saturated heterocycles. The van der Waals surface area contributed by atoms with E-state index < -0.39 is 24.2 Å². The minimum atomic E-state index is -2.76. The molecule has 0 atom stereocenters. The van der Waals surface area contributed by atoms with Gasteiger partial charge in [-0.3, -0.25) is 0 Å². The Morgan fingerprint density at radius 1 is 0.207 bits per heavy atom. The van der Waals surface area contributed by atoms with Crippen molar-refractivity contribution in [3.8, 4) is 50.2 Å². The smallest absolute Gasteiger partial charge is 0.179 e. The van der Waals surface area contributed by atoms with Crippen LogP contribution in [0.2, 0.25) is 0 Å². The second-order valence-electron chi connectivity index (χ2n) is 29.9. The van der Waals surface area contributed by atoms with Crippen LogP contribution >= 0.6 is 11.7 Å². The van der Waals surface area contributed by atoms with Gasteiger partial charge in [-0.05, 0) is 174 Å². The van der Waals surface area contributed by atoms with Crippen molar-refractivity contribution in [3.05, 3.63) is 473 Å². The highest BCUT2D eigenvalue weighted by molar-refractivity contribution is 7.21. The number of aromatic nitrogens is 3. The van der Waals surface area contributed by atoms with E-state index in [0.717, 1.165) is 78.2 Å². The first-order valence-electron chi connectivity index (χ1n) is 39.8. The van der Waals surface area contributed by atoms with Crippen LogP contribution < -0.4 is 67.1 Å². The average molecular weight is 1550 g/mol. The van der Waals surface area contributed by atoms with Crippen LogP contribution in [-0.4, -0.2) is 37.5 Å². The van der Waals surface area contributed by atoms with Crippen molar-refractivity contribution >= 4 is 148 Å². The van der Waals surface area contributed by atoms with Gasteiger partial charge in [-0.1, -0.05) is 400 Å². The van der Waals surface area contributed by atoms with E-state index in [1.165, 1.54) is 95.9 Å². The molecule has 0 aliphatic heterocycles. The fourth-order valence-electron chi connectivity index (χ4n) is 18.5. The quantitative estimate of drug-likeness (QED) is 0.0563. The largest absolute Gasteiger partial charge is 0.309 e. The van der Waals surface area contributed by atoms with Crippen LogP contribution in [0.25, 0.3) is 83.0 Å². The van der Waals surface area contributed by atoms with Crippen LogP contribution in [0.3, 0.4) is 0 Å². The molecule has 116 heavy (non-hydrogen) atoms. The number of hydrogen-bond donors (Lipinski definition) is 0. The van der Waals surface area contributed by atoms with Crippen molar-refractivity contribution in [3.63, 3.8) is 0 Å². The van der Waals surface area contributed by atoms with Gasteiger partial charge in [0.15, 0.2) is 24.2 Å². The summed E-state index contributed by atoms with van der Waals surface area (Å²) < 4.78 is 12.7. The third kappa shape index (κ3) is 12.4. The zero-order chi connectivity index (χ0) is 77.3. The molecule has 0 saturated carbocycles. The lowest BCUT2D eigenvalue weighted by molar-refractivity contribution is 1.18. The van der Waals surface area contributed by atoms with Gasteiger partial charge in [0, 0.05) is 33.4 Å². The van der Waals surface area contributed by atoms with E-state index in [0.29, 0.717) is 0 Å². The summed E-state index contributed by atoms with van der Waals surface area (Å²) in [5.74, 6) is 0. The summed E-state index contributed by atoms with van der Waals surface area (Å²) in [6, 6.07) is 176. The summed E-state index contributed by atoms with van der Waals surface area (Å²) in [4.78, 5) is 2.32. The number of para-hydroxylation sites is 1. The number of benzene rings is 18. The first-order valence-corrected chi connectivity index (χ1v) is 46.5. The van der Waals surface area contributed by atoms with Crippen molar-refractivity contribution in [2.24, 2.45) is 0 Å². The Balaban J connectivity index is 0.664. The molecule has 0 N–H and O–H groups in total. The predicted molar refractivity (Wildman–Crippen MR) is 499 cm³/mol. The van der Waals surface area contributed by atoms with Gasteiger partial charge in [0.25, 0.3) is 0 Å². The Labute approximate surface area is 684 Å². The predicted octanol–water partition coefficient (Wildman–Crippen LogP) is 19.1. The molecule has 0 aliphatic rings. The highest BCUT2D eigenvalue weighted by atomic mass is 32.1. The lowest BCUT2D eigenvalue weighted by Crippen LogP contribution is -2.74. The fraction of sp³-hybridized carbons (Fsp3) is 0. The summed E-state index contributed by atoms with van der Waals surface area (Å²) in [5.41, 5.74) is 17.1. The summed E-state index contributed by atoms with van der Waals surface area (Å²) >= 11 is 1.26. The maximum absolute atomic E-state index is 5.12. The molecule has 2 aromatic heterocycles. The molecule has 0 spiro atoms. The van der Waals surface area contributed by atoms with Crippen molar-refractivity contribution in [1.29, 1.82) is 0 Å². The third-order valence-electron chi connectivity index (χ3n) is 23.8. The maximum atomic E-state index is 5.12. The van der Waals surface area contributed by atoms with Gasteiger partial charge >= 0.3 is 0 Å². The average Bonchev–Trinajstić information content (AvgIpc) is 1.37. The van der Waals surface area contributed by atoms with Gasteiger partial charge in [-0.2, -0.15) is 8.75 Å². The van der Waals surface area contributed by atoms with Crippen LogP contribution in [0, 0.1) is 0 Å². The molecular weight excluding hydrogens is 1470 g/mol. The van der Waals surface area contributed by atoms with Crippen LogP contribution in [0.1, 0.15) is 0 Å². The number of rotatable bonds is 20. The van der Waals surface area contributed by atoms with Gasteiger partial charge in [0.05, 0.1) is 28.4 Å². The van der Waals surface area contributed by atoms with Gasteiger partial charge in [-0.15, -0.1) is 0 Å². The molecule has 0 radical (unpaired) electrons. The van der Waals surface area contributed by atoms with Crippen molar-refractivity contribution in [1.82, 2.24) is 13.3 Å². The molecule has 2 heterocycles. The topological polar surface area (TPSA) is 34.0 Å². The van der Waals surface area contributed by atoms with Crippen molar-refractivity contribution in [2.75, 3.05) is 4.90 Å². The van der Waals surface area contributed by atoms with Crippen LogP contribution in [-0.2, 0) is 0 Å². The Morgan fingerprint density at radius 3 is 0.776 bits per heavy atom. The molecule has 0 unspecified atom stereocenters. The molecule has 0 amide bonds. The molecule has 0 fully saturated rings. The van der Waals surface area contributed by atoms with Crippen LogP contribution in [0.5, 0.6) is 0 Å². The fourth-order valence-corrected chi connectivity index (χ4v) is 33.3. The zero-order valence-electron chi connectivity index (χ0n) is 63.7. The Kier molecular flexibility index (Phi) is 18.9. The minimum absolute atomic E-state index is 0.844. The number of fused-ring (bicyclic) bond motifs is 4. The first-order chi connectivity index (χ1) is 57.5. The summed E-state index contributed by atoms with van der Waals surface area (Å²) in [7, 11) is -8.20. The zero-order valence-corrected chi connectivity index (χ0v) is 67.5. The van der Waals surface area contributed by atoms with E-state index in [1.54, 1.807) is 0 Å². The second kappa shape index (κ2) is 30.8. The molecule has 4 nitrogen and oxygen atoms in total. The minimum Gasteiger partial charge on any atom is -0.309 e. The molecule has 548 valence electrons. The third-order valence-corrected chi connectivity index (χ3v) is 38.7. The second-order valence-corrected chi connectivity index (χ2v) is 41.9. The number of nitrogens with zero attached hydrogens (tertiary/aromatic N) is 4. The van der Waals surface area contributed by atoms with Crippen molar-refractivity contribution < 1.29 is 0 Å². The van der Waals surface area contributed by atoms with Crippen LogP contribution in [0.4, 0.5) is 17.1 Å². The van der Waals surface area contributed by atoms with E-state index >= 15 is 0 Å². The molecular formula is C108H78N4SSi3. The maximum Gasteiger partial charge on any atom is 0.179 e. The number of anilines is 3.